The van der Waals surface area contributed by atoms with E-state index >= 15 is 0 Å². The van der Waals surface area contributed by atoms with Crippen LogP contribution >= 0.6 is 0 Å². The van der Waals surface area contributed by atoms with Gasteiger partial charge in [-0.05, 0) is 29.8 Å². The maximum Gasteiger partial charge on any atom is 0.338 e. The van der Waals surface area contributed by atoms with Crippen LogP contribution in [0.3, 0.4) is 0 Å². The van der Waals surface area contributed by atoms with Crippen LogP contribution in [-0.4, -0.2) is 15.5 Å². The lowest BCUT2D eigenvalue weighted by molar-refractivity contribution is 0.0266. The van der Waals surface area contributed by atoms with Crippen molar-refractivity contribution in [2.75, 3.05) is 0 Å². The van der Waals surface area contributed by atoms with Crippen LogP contribution in [0.25, 0.3) is 0 Å². The fourth-order valence-electron chi connectivity index (χ4n) is 2.43. The first-order valence-electron chi connectivity index (χ1n) is 7.69. The van der Waals surface area contributed by atoms with Gasteiger partial charge in [-0.3, -0.25) is 0 Å². The number of imidazole rings is 1. The number of ether oxygens (including phenoxy) is 1. The van der Waals surface area contributed by atoms with Gasteiger partial charge in [0.2, 0.25) is 0 Å². The van der Waals surface area contributed by atoms with Crippen LogP contribution in [-0.2, 0) is 11.3 Å². The van der Waals surface area contributed by atoms with Crippen molar-refractivity contribution in [3.63, 3.8) is 0 Å². The quantitative estimate of drug-likeness (QED) is 0.644. The first kappa shape index (κ1) is 15.9. The topological polar surface area (TPSA) is 44.1 Å². The van der Waals surface area contributed by atoms with Gasteiger partial charge in [0.15, 0.2) is 0 Å². The SMILES string of the molecule is O=C(OC(CCn1ccnc1)c1ccccc1)c1ccc(F)cc1. The molecular formula is C19H17FN2O2. The Balaban J connectivity index is 1.74. The van der Waals surface area contributed by atoms with Gasteiger partial charge >= 0.3 is 5.97 Å². The van der Waals surface area contributed by atoms with Crippen LogP contribution < -0.4 is 0 Å². The van der Waals surface area contributed by atoms with Crippen molar-refractivity contribution in [3.8, 4) is 0 Å². The molecule has 0 aliphatic rings. The second kappa shape index (κ2) is 7.55. The van der Waals surface area contributed by atoms with Crippen molar-refractivity contribution in [3.05, 3.63) is 90.3 Å². The maximum atomic E-state index is 13.0. The van der Waals surface area contributed by atoms with E-state index in [4.69, 9.17) is 4.74 Å². The van der Waals surface area contributed by atoms with Crippen molar-refractivity contribution in [2.24, 2.45) is 0 Å². The lowest BCUT2D eigenvalue weighted by Crippen LogP contribution is -2.14. The first-order valence-corrected chi connectivity index (χ1v) is 7.69. The van der Waals surface area contributed by atoms with Gasteiger partial charge in [-0.25, -0.2) is 14.2 Å². The van der Waals surface area contributed by atoms with Crippen LogP contribution in [0.5, 0.6) is 0 Å². The van der Waals surface area contributed by atoms with Gasteiger partial charge in [-0.2, -0.15) is 0 Å². The number of carbonyl (C=O) groups excluding carboxylic acids is 1. The normalized spacial score (nSPS) is 11.9. The van der Waals surface area contributed by atoms with Crippen molar-refractivity contribution in [2.45, 2.75) is 19.1 Å². The summed E-state index contributed by atoms with van der Waals surface area (Å²) < 4.78 is 20.6. The number of aromatic nitrogens is 2. The molecule has 0 N–H and O–H groups in total. The summed E-state index contributed by atoms with van der Waals surface area (Å²) in [7, 11) is 0. The first-order chi connectivity index (χ1) is 11.7. The molecule has 1 unspecified atom stereocenters. The summed E-state index contributed by atoms with van der Waals surface area (Å²) in [5, 5.41) is 0. The highest BCUT2D eigenvalue weighted by molar-refractivity contribution is 5.89. The Hall–Kier alpha value is -2.95. The second-order valence-corrected chi connectivity index (χ2v) is 5.40. The summed E-state index contributed by atoms with van der Waals surface area (Å²) in [6.45, 7) is 0.677. The van der Waals surface area contributed by atoms with Gasteiger partial charge in [-0.15, -0.1) is 0 Å². The molecule has 0 saturated heterocycles. The Kier molecular flexibility index (Phi) is 5.01. The van der Waals surface area contributed by atoms with Crippen LogP contribution in [0.2, 0.25) is 0 Å². The minimum atomic E-state index is -0.463. The number of hydrogen-bond donors (Lipinski definition) is 0. The number of hydrogen-bond acceptors (Lipinski definition) is 3. The van der Waals surface area contributed by atoms with E-state index in [0.29, 0.717) is 18.5 Å². The average molecular weight is 324 g/mol. The minimum absolute atomic E-state index is 0.333. The lowest BCUT2D eigenvalue weighted by atomic mass is 10.1. The summed E-state index contributed by atoms with van der Waals surface area (Å²) in [5.74, 6) is -0.847. The highest BCUT2D eigenvalue weighted by atomic mass is 19.1. The number of benzene rings is 2. The largest absolute Gasteiger partial charge is 0.454 e. The third-order valence-electron chi connectivity index (χ3n) is 3.71. The monoisotopic (exact) mass is 324 g/mol. The van der Waals surface area contributed by atoms with Crippen molar-refractivity contribution < 1.29 is 13.9 Å². The second-order valence-electron chi connectivity index (χ2n) is 5.40. The average Bonchev–Trinajstić information content (AvgIpc) is 3.13. The molecule has 0 spiro atoms. The highest BCUT2D eigenvalue weighted by Gasteiger charge is 2.18. The molecule has 1 atom stereocenters. The van der Waals surface area contributed by atoms with Crippen molar-refractivity contribution >= 4 is 5.97 Å². The minimum Gasteiger partial charge on any atom is -0.454 e. The van der Waals surface area contributed by atoms with Gasteiger partial charge in [0.25, 0.3) is 0 Å². The van der Waals surface area contributed by atoms with E-state index in [1.54, 1.807) is 12.5 Å². The summed E-state index contributed by atoms with van der Waals surface area (Å²) in [6, 6.07) is 14.9. The summed E-state index contributed by atoms with van der Waals surface area (Å²) >= 11 is 0. The van der Waals surface area contributed by atoms with E-state index in [1.165, 1.54) is 24.3 Å². The fraction of sp³-hybridized carbons (Fsp3) is 0.158. The number of carbonyl (C=O) groups is 1. The summed E-state index contributed by atoms with van der Waals surface area (Å²) in [6.07, 6.45) is 5.54. The Morgan fingerprint density at radius 3 is 2.54 bits per heavy atom. The predicted octanol–water partition coefficient (Wildman–Crippen LogP) is 4.01. The molecule has 1 aromatic heterocycles. The van der Waals surface area contributed by atoms with Crippen LogP contribution in [0.4, 0.5) is 4.39 Å². The van der Waals surface area contributed by atoms with E-state index in [-0.39, 0.29) is 11.9 Å². The maximum absolute atomic E-state index is 13.0. The van der Waals surface area contributed by atoms with E-state index in [1.807, 2.05) is 41.1 Å². The Morgan fingerprint density at radius 2 is 1.88 bits per heavy atom. The summed E-state index contributed by atoms with van der Waals surface area (Å²) in [5.41, 5.74) is 1.26. The van der Waals surface area contributed by atoms with Gasteiger partial charge in [0.1, 0.15) is 11.9 Å². The third-order valence-corrected chi connectivity index (χ3v) is 3.71. The highest BCUT2D eigenvalue weighted by Crippen LogP contribution is 2.23. The molecule has 0 fully saturated rings. The fourth-order valence-corrected chi connectivity index (χ4v) is 2.43. The Morgan fingerprint density at radius 1 is 1.12 bits per heavy atom. The van der Waals surface area contributed by atoms with Crippen LogP contribution in [0.15, 0.2) is 73.3 Å². The number of halogens is 1. The van der Waals surface area contributed by atoms with E-state index in [9.17, 15) is 9.18 Å². The molecule has 3 aromatic rings. The molecule has 0 radical (unpaired) electrons. The molecule has 0 bridgehead atoms. The molecule has 0 aliphatic carbocycles. The van der Waals surface area contributed by atoms with E-state index in [0.717, 1.165) is 5.56 Å². The standard InChI is InChI=1S/C19H17FN2O2/c20-17-8-6-16(7-9-17)19(23)24-18(15-4-2-1-3-5-15)10-12-22-13-11-21-14-22/h1-9,11,13-14,18H,10,12H2. The molecular weight excluding hydrogens is 307 g/mol. The van der Waals surface area contributed by atoms with E-state index in [2.05, 4.69) is 4.98 Å². The molecule has 0 saturated carbocycles. The summed E-state index contributed by atoms with van der Waals surface area (Å²) in [4.78, 5) is 16.3. The molecule has 0 aliphatic heterocycles. The van der Waals surface area contributed by atoms with Crippen LogP contribution in [0.1, 0.15) is 28.4 Å². The van der Waals surface area contributed by atoms with Gasteiger partial charge < -0.3 is 9.30 Å². The lowest BCUT2D eigenvalue weighted by Gasteiger charge is -2.18. The van der Waals surface area contributed by atoms with Crippen LogP contribution in [0, 0.1) is 5.82 Å². The van der Waals surface area contributed by atoms with E-state index < -0.39 is 5.97 Å². The smallest absolute Gasteiger partial charge is 0.338 e. The molecule has 3 rings (SSSR count). The van der Waals surface area contributed by atoms with Gasteiger partial charge in [0.05, 0.1) is 11.9 Å². The molecule has 2 aromatic carbocycles. The Labute approximate surface area is 139 Å². The zero-order valence-electron chi connectivity index (χ0n) is 13.0. The molecule has 122 valence electrons. The third kappa shape index (κ3) is 4.07. The molecule has 1 heterocycles. The number of rotatable bonds is 6. The number of esters is 1. The predicted molar refractivity (Wildman–Crippen MR) is 87.8 cm³/mol. The number of nitrogens with zero attached hydrogens (tertiary/aromatic N) is 2. The van der Waals surface area contributed by atoms with Crippen molar-refractivity contribution in [1.82, 2.24) is 9.55 Å². The van der Waals surface area contributed by atoms with Gasteiger partial charge in [0, 0.05) is 25.4 Å². The molecule has 5 heteroatoms. The van der Waals surface area contributed by atoms with Crippen molar-refractivity contribution in [1.29, 1.82) is 0 Å². The molecule has 0 amide bonds. The van der Waals surface area contributed by atoms with Gasteiger partial charge in [-0.1, -0.05) is 30.3 Å². The molecule has 24 heavy (non-hydrogen) atoms. The number of aryl methyl sites for hydroxylation is 1. The molecule has 4 nitrogen and oxygen atoms in total. The Bertz CT molecular complexity index is 771. The zero-order valence-corrected chi connectivity index (χ0v) is 13.0. The zero-order chi connectivity index (χ0) is 16.8.